The summed E-state index contributed by atoms with van der Waals surface area (Å²) in [5.41, 5.74) is 46.4. The van der Waals surface area contributed by atoms with Gasteiger partial charge in [0.05, 0.1) is 38.5 Å². The third-order valence-electron chi connectivity index (χ3n) is 30.5. The second kappa shape index (κ2) is 28.8. The first kappa shape index (κ1) is 75.5. The molecule has 0 N–H and O–H groups in total. The van der Waals surface area contributed by atoms with Crippen LogP contribution < -0.4 is 47.2 Å². The average molecular weight is 1750 g/mol. The van der Waals surface area contributed by atoms with Crippen molar-refractivity contribution in [3.8, 4) is 83.8 Å². The molecule has 9 nitrogen and oxygen atoms in total. The molecule has 0 unspecified atom stereocenters. The lowest BCUT2D eigenvalue weighted by molar-refractivity contribution is 0.669. The lowest BCUT2D eigenvalue weighted by Gasteiger charge is -2.43. The minimum absolute atomic E-state index is 0.0408. The zero-order chi connectivity index (χ0) is 89.8. The molecule has 12 heteroatoms. The van der Waals surface area contributed by atoms with E-state index in [-0.39, 0.29) is 20.5 Å². The van der Waals surface area contributed by atoms with Crippen LogP contribution >= 0.6 is 0 Å². The molecule has 21 aromatic carbocycles. The number of hydrogen-bond donors (Lipinski definition) is 0. The standard InChI is InChI=1S/3C42H25BN2O/c1-2-12-26(13-3-1)44-37-19-9-5-17-30(37)32-25-42-34(23-40(32)44)33-22-36-31(24-41(33)46-42)29-16-7-11-21-39(29)45-38-20-10-6-15-28(38)27-14-4-8-18-35(27)43(36)45;1-2-12-26(13-3-1)44-36-19-9-5-16-29(36)32-25-40-33(24-39(32)44)30-22-23-35-41(42(30)46-40)31-17-7-11-21-38(31)45-37-20-10-6-15-28(37)27-14-4-8-18-34(27)43(35)45;1-2-12-26(13-3-1)44-36-20-10-6-17-30(36)32-24-33-40(25-38(32)44)46-39-23-22-31-28-15-5-9-19-35(28)43-34-18-8-4-14-27(34)29-16-7-11-21-37(29)45(43)42(31)41(33)39/h3*1-25H. The van der Waals surface area contributed by atoms with E-state index in [0.29, 0.717) is 0 Å². The molecular weight excluding hydrogens is 1680 g/mol. The van der Waals surface area contributed by atoms with Crippen LogP contribution in [0.1, 0.15) is 0 Å². The summed E-state index contributed by atoms with van der Waals surface area (Å²) < 4.78 is 27.7. The Morgan fingerprint density at radius 1 is 0.167 bits per heavy atom. The molecule has 27 aromatic rings. The number of fused-ring (bicyclic) bond motifs is 53. The maximum Gasteiger partial charge on any atom is 0.329 e. The van der Waals surface area contributed by atoms with Gasteiger partial charge in [-0.3, -0.25) is 0 Å². The quantitative estimate of drug-likeness (QED) is 0.164. The molecule has 6 aromatic heterocycles. The van der Waals surface area contributed by atoms with Crippen LogP contribution in [0.2, 0.25) is 0 Å². The Hall–Kier alpha value is -18.0. The molecule has 0 atom stereocenters. The minimum Gasteiger partial charge on any atom is -0.456 e. The van der Waals surface area contributed by atoms with Crippen LogP contribution in [0, 0.1) is 0 Å². The van der Waals surface area contributed by atoms with Gasteiger partial charge in [0.25, 0.3) is 0 Å². The normalized spacial score (nSPS) is 13.1. The van der Waals surface area contributed by atoms with Crippen LogP contribution in [0.15, 0.2) is 468 Å². The second-order valence-corrected chi connectivity index (χ2v) is 37.4. The highest BCUT2D eigenvalue weighted by molar-refractivity contribution is 6.94. The Morgan fingerprint density at radius 2 is 0.507 bits per heavy atom. The summed E-state index contributed by atoms with van der Waals surface area (Å²) in [6, 6.07) is 165. The van der Waals surface area contributed by atoms with E-state index >= 15 is 0 Å². The number of aromatic nitrogens is 3. The largest absolute Gasteiger partial charge is 0.456 e. The molecule has 0 spiro atoms. The maximum absolute atomic E-state index is 6.99. The van der Waals surface area contributed by atoms with Crippen LogP contribution in [-0.4, -0.2) is 34.2 Å². The van der Waals surface area contributed by atoms with Gasteiger partial charge in [-0.2, -0.15) is 0 Å². The van der Waals surface area contributed by atoms with Crippen molar-refractivity contribution >= 4 is 219 Å². The van der Waals surface area contributed by atoms with Crippen molar-refractivity contribution in [3.05, 3.63) is 455 Å². The van der Waals surface area contributed by atoms with E-state index in [4.69, 9.17) is 13.3 Å². The summed E-state index contributed by atoms with van der Waals surface area (Å²) in [6.45, 7) is 0.137. The topological polar surface area (TPSA) is 63.9 Å². The van der Waals surface area contributed by atoms with E-state index in [1.165, 1.54) is 199 Å². The molecule has 636 valence electrons. The van der Waals surface area contributed by atoms with Crippen molar-refractivity contribution in [3.63, 3.8) is 0 Å². The first-order valence-electron chi connectivity index (χ1n) is 47.7. The fourth-order valence-electron chi connectivity index (χ4n) is 24.9. The highest BCUT2D eigenvalue weighted by Gasteiger charge is 2.47. The molecule has 6 aliphatic heterocycles. The Balaban J connectivity index is 0.0000000959. The summed E-state index contributed by atoms with van der Waals surface area (Å²) in [4.78, 5) is 7.67. The summed E-state index contributed by atoms with van der Waals surface area (Å²) in [5.74, 6) is 0. The first-order valence-corrected chi connectivity index (χ1v) is 47.7. The predicted molar refractivity (Wildman–Crippen MR) is 578 cm³/mol. The van der Waals surface area contributed by atoms with Gasteiger partial charge in [-0.15, -0.1) is 0 Å². The van der Waals surface area contributed by atoms with E-state index in [1.54, 1.807) is 0 Å². The molecule has 33 rings (SSSR count). The molecule has 0 radical (unpaired) electrons. The van der Waals surface area contributed by atoms with Crippen LogP contribution in [-0.2, 0) is 0 Å². The van der Waals surface area contributed by atoms with E-state index < -0.39 is 0 Å². The van der Waals surface area contributed by atoms with Crippen LogP contribution in [0.4, 0.5) is 34.1 Å². The van der Waals surface area contributed by atoms with Crippen molar-refractivity contribution in [1.29, 1.82) is 0 Å². The van der Waals surface area contributed by atoms with Gasteiger partial charge in [-0.1, -0.05) is 315 Å². The monoisotopic (exact) mass is 1750 g/mol. The summed E-state index contributed by atoms with van der Waals surface area (Å²) in [5, 5.41) is 14.2. The molecule has 0 amide bonds. The first-order chi connectivity index (χ1) is 68.5. The van der Waals surface area contributed by atoms with Crippen molar-refractivity contribution in [2.24, 2.45) is 0 Å². The van der Waals surface area contributed by atoms with E-state index in [2.05, 4.69) is 483 Å². The number of nitrogens with zero attached hydrogens (tertiary/aromatic N) is 6. The average Bonchev–Trinajstić information content (AvgIpc) is 1.27. The highest BCUT2D eigenvalue weighted by Crippen LogP contribution is 2.56. The smallest absolute Gasteiger partial charge is 0.329 e. The Bertz CT molecular complexity index is 9960. The second-order valence-electron chi connectivity index (χ2n) is 37.4. The predicted octanol–water partition coefficient (Wildman–Crippen LogP) is 28.8. The lowest BCUT2D eigenvalue weighted by Crippen LogP contribution is -2.59. The summed E-state index contributed by atoms with van der Waals surface area (Å²) in [6.07, 6.45) is 0. The zero-order valence-corrected chi connectivity index (χ0v) is 74.4. The Labute approximate surface area is 793 Å². The third-order valence-corrected chi connectivity index (χ3v) is 30.5. The van der Waals surface area contributed by atoms with Gasteiger partial charge in [0.15, 0.2) is 0 Å². The molecular formula is C126H75B3N6O3. The number of anilines is 6. The number of furan rings is 3. The Morgan fingerprint density at radius 3 is 1.00 bits per heavy atom. The molecule has 0 fully saturated rings. The van der Waals surface area contributed by atoms with E-state index in [9.17, 15) is 0 Å². The molecule has 0 aliphatic carbocycles. The van der Waals surface area contributed by atoms with Gasteiger partial charge in [-0.25, -0.2) is 0 Å². The molecule has 12 heterocycles. The van der Waals surface area contributed by atoms with Crippen molar-refractivity contribution < 1.29 is 13.3 Å². The summed E-state index contributed by atoms with van der Waals surface area (Å²) in [7, 11) is 0. The number of benzene rings is 21. The van der Waals surface area contributed by atoms with Gasteiger partial charge >= 0.3 is 20.5 Å². The SMILES string of the molecule is c1ccc(-n2c3ccccc3c3cc4c(cc32)oc2ccc3c(c24)N2B(c4ccccc4-c4ccccc42)c2ccccc2-3)cc1.c1ccc(-n2c3ccccc3c3cc4oc5c6c(ccc5c4cc32)B2c3ccccc3-c3ccccc3N2c2ccccc2-6)cc1.c1ccc(-n2c3ccccc3c3cc4oc5cc6c(cc5c4cc32)B2c3ccccc3-c3ccccc3N2c2ccccc2-6)cc1. The molecule has 6 aliphatic rings. The fourth-order valence-corrected chi connectivity index (χ4v) is 24.9. The maximum atomic E-state index is 6.99. The minimum atomic E-state index is 0.0408. The van der Waals surface area contributed by atoms with Crippen LogP contribution in [0.3, 0.4) is 0 Å². The van der Waals surface area contributed by atoms with E-state index in [0.717, 1.165) is 83.0 Å². The van der Waals surface area contributed by atoms with Gasteiger partial charge < -0.3 is 41.4 Å². The van der Waals surface area contributed by atoms with E-state index in [1.807, 2.05) is 0 Å². The third kappa shape index (κ3) is 10.5. The number of para-hydroxylation sites is 11. The molecule has 0 saturated heterocycles. The fraction of sp³-hybridized carbons (Fsp3) is 0. The lowest BCUT2D eigenvalue weighted by atomic mass is 9.43. The van der Waals surface area contributed by atoms with Crippen LogP contribution in [0.25, 0.3) is 215 Å². The van der Waals surface area contributed by atoms with Crippen LogP contribution in [0.5, 0.6) is 0 Å². The highest BCUT2D eigenvalue weighted by atomic mass is 16.3. The van der Waals surface area contributed by atoms with Crippen molar-refractivity contribution in [1.82, 2.24) is 13.7 Å². The van der Waals surface area contributed by atoms with Gasteiger partial charge in [0.2, 0.25) is 0 Å². The summed E-state index contributed by atoms with van der Waals surface area (Å²) >= 11 is 0. The molecule has 0 bridgehead atoms. The number of rotatable bonds is 3. The Kier molecular flexibility index (Phi) is 15.8. The number of hydrogen-bond acceptors (Lipinski definition) is 6. The van der Waals surface area contributed by atoms with Gasteiger partial charge in [0, 0.05) is 155 Å². The van der Waals surface area contributed by atoms with Crippen molar-refractivity contribution in [2.75, 3.05) is 14.4 Å². The molecule has 138 heavy (non-hydrogen) atoms. The van der Waals surface area contributed by atoms with Gasteiger partial charge in [-0.05, 0) is 194 Å². The molecule has 0 saturated carbocycles. The van der Waals surface area contributed by atoms with Gasteiger partial charge in [0.1, 0.15) is 33.5 Å². The zero-order valence-electron chi connectivity index (χ0n) is 74.4. The van der Waals surface area contributed by atoms with Crippen molar-refractivity contribution in [2.45, 2.75) is 0 Å².